The fraction of sp³-hybridized carbons (Fsp3) is 0.667. The summed E-state index contributed by atoms with van der Waals surface area (Å²) in [5.74, 6) is 0. The zero-order chi connectivity index (χ0) is 14.4. The summed E-state index contributed by atoms with van der Waals surface area (Å²) in [5.41, 5.74) is 8.42. The van der Waals surface area contributed by atoms with Crippen molar-refractivity contribution in [3.8, 4) is 0 Å². The van der Waals surface area contributed by atoms with Gasteiger partial charge in [-0.1, -0.05) is 44.5 Å². The molecular weight excluding hydrogens is 246 g/mol. The lowest BCUT2D eigenvalue weighted by atomic mass is 9.58. The van der Waals surface area contributed by atoms with Gasteiger partial charge in [-0.2, -0.15) is 0 Å². The maximum absolute atomic E-state index is 11.4. The Balaban J connectivity index is 1.95. The van der Waals surface area contributed by atoms with E-state index in [2.05, 4.69) is 38.1 Å². The third-order valence-corrected chi connectivity index (χ3v) is 5.77. The second-order valence-corrected chi connectivity index (χ2v) is 7.83. The van der Waals surface area contributed by atoms with Crippen molar-refractivity contribution in [3.05, 3.63) is 35.4 Å². The molecule has 0 bridgehead atoms. The van der Waals surface area contributed by atoms with Gasteiger partial charge in [-0.25, -0.2) is 0 Å². The van der Waals surface area contributed by atoms with Gasteiger partial charge in [-0.05, 0) is 48.6 Å². The average molecular weight is 273 g/mol. The molecule has 110 valence electrons. The first-order chi connectivity index (χ1) is 9.40. The molecule has 1 unspecified atom stereocenters. The van der Waals surface area contributed by atoms with Crippen molar-refractivity contribution in [1.29, 1.82) is 0 Å². The molecule has 2 aliphatic carbocycles. The number of rotatable bonds is 2. The van der Waals surface area contributed by atoms with Crippen molar-refractivity contribution < 1.29 is 5.11 Å². The van der Waals surface area contributed by atoms with E-state index in [0.29, 0.717) is 6.54 Å². The maximum Gasteiger partial charge on any atom is 0.0727 e. The van der Waals surface area contributed by atoms with Gasteiger partial charge in [0.25, 0.3) is 0 Å². The first kappa shape index (κ1) is 14.1. The molecular formula is C18H27NO. The number of benzene rings is 1. The fourth-order valence-corrected chi connectivity index (χ4v) is 4.64. The predicted octanol–water partition coefficient (Wildman–Crippen LogP) is 3.06. The normalized spacial score (nSPS) is 31.0. The van der Waals surface area contributed by atoms with Crippen LogP contribution in [0.1, 0.15) is 50.7 Å². The van der Waals surface area contributed by atoms with Crippen LogP contribution in [0.3, 0.4) is 0 Å². The Labute approximate surface area is 122 Å². The van der Waals surface area contributed by atoms with Crippen LogP contribution in [0.4, 0.5) is 0 Å². The van der Waals surface area contributed by atoms with Crippen molar-refractivity contribution in [2.75, 3.05) is 6.54 Å². The molecule has 2 heteroatoms. The second-order valence-electron chi connectivity index (χ2n) is 7.83. The van der Waals surface area contributed by atoms with Crippen LogP contribution in [0, 0.1) is 10.8 Å². The van der Waals surface area contributed by atoms with Gasteiger partial charge >= 0.3 is 0 Å². The molecule has 0 heterocycles. The van der Waals surface area contributed by atoms with Crippen molar-refractivity contribution >= 4 is 0 Å². The number of nitrogens with two attached hydrogens (primary N) is 1. The zero-order valence-corrected chi connectivity index (χ0v) is 12.8. The molecule has 2 aliphatic rings. The van der Waals surface area contributed by atoms with Gasteiger partial charge in [0.2, 0.25) is 0 Å². The summed E-state index contributed by atoms with van der Waals surface area (Å²) < 4.78 is 0. The Morgan fingerprint density at radius 2 is 1.70 bits per heavy atom. The van der Waals surface area contributed by atoms with Gasteiger partial charge in [-0.15, -0.1) is 0 Å². The van der Waals surface area contributed by atoms with E-state index in [1.165, 1.54) is 17.5 Å². The Hall–Kier alpha value is -0.860. The Kier molecular flexibility index (Phi) is 3.22. The molecule has 2 nitrogen and oxygen atoms in total. The van der Waals surface area contributed by atoms with Crippen LogP contribution in [0.2, 0.25) is 0 Å². The lowest BCUT2D eigenvalue weighted by Crippen LogP contribution is -2.56. The largest absolute Gasteiger partial charge is 0.389 e. The lowest BCUT2D eigenvalue weighted by molar-refractivity contribution is -0.128. The zero-order valence-electron chi connectivity index (χ0n) is 12.8. The summed E-state index contributed by atoms with van der Waals surface area (Å²) in [7, 11) is 0. The van der Waals surface area contributed by atoms with Gasteiger partial charge in [0, 0.05) is 12.0 Å². The Morgan fingerprint density at radius 1 is 1.10 bits per heavy atom. The highest BCUT2D eigenvalue weighted by atomic mass is 16.3. The standard InChI is InChI=1S/C18H27NO/c1-16(2)8-5-9-18(20,12-16)17(13-19)10-14-6-3-4-7-15(14)11-17/h3-4,6-7,20H,5,8-13,19H2,1-2H3. The highest BCUT2D eigenvalue weighted by molar-refractivity contribution is 5.36. The summed E-state index contributed by atoms with van der Waals surface area (Å²) in [6, 6.07) is 8.59. The molecule has 0 aromatic heterocycles. The maximum atomic E-state index is 11.4. The van der Waals surface area contributed by atoms with Gasteiger partial charge < -0.3 is 10.8 Å². The predicted molar refractivity (Wildman–Crippen MR) is 82.5 cm³/mol. The van der Waals surface area contributed by atoms with Gasteiger partial charge in [0.15, 0.2) is 0 Å². The average Bonchev–Trinajstić information content (AvgIpc) is 2.77. The van der Waals surface area contributed by atoms with Crippen molar-refractivity contribution in [2.24, 2.45) is 16.6 Å². The van der Waals surface area contributed by atoms with Crippen LogP contribution < -0.4 is 5.73 Å². The van der Waals surface area contributed by atoms with Crippen LogP contribution in [0.15, 0.2) is 24.3 Å². The minimum Gasteiger partial charge on any atom is -0.389 e. The Bertz CT molecular complexity index is 483. The molecule has 0 radical (unpaired) electrons. The fourth-order valence-electron chi connectivity index (χ4n) is 4.64. The first-order valence-corrected chi connectivity index (χ1v) is 7.89. The number of hydrogen-bond donors (Lipinski definition) is 2. The molecule has 0 amide bonds. The minimum atomic E-state index is -0.609. The molecule has 3 rings (SSSR count). The third kappa shape index (κ3) is 2.10. The van der Waals surface area contributed by atoms with E-state index in [0.717, 1.165) is 32.1 Å². The smallest absolute Gasteiger partial charge is 0.0727 e. The highest BCUT2D eigenvalue weighted by Gasteiger charge is 2.55. The van der Waals surface area contributed by atoms with E-state index in [1.54, 1.807) is 0 Å². The molecule has 0 aliphatic heterocycles. The van der Waals surface area contributed by atoms with E-state index in [1.807, 2.05) is 0 Å². The number of fused-ring (bicyclic) bond motifs is 1. The summed E-state index contributed by atoms with van der Waals surface area (Å²) >= 11 is 0. The highest BCUT2D eigenvalue weighted by Crippen LogP contribution is 2.53. The quantitative estimate of drug-likeness (QED) is 0.870. The van der Waals surface area contributed by atoms with Crippen LogP contribution >= 0.6 is 0 Å². The molecule has 0 saturated heterocycles. The molecule has 20 heavy (non-hydrogen) atoms. The molecule has 1 fully saturated rings. The molecule has 0 spiro atoms. The van der Waals surface area contributed by atoms with Crippen LogP contribution in [-0.2, 0) is 12.8 Å². The topological polar surface area (TPSA) is 46.2 Å². The number of aliphatic hydroxyl groups is 1. The molecule has 1 saturated carbocycles. The van der Waals surface area contributed by atoms with Gasteiger partial charge in [-0.3, -0.25) is 0 Å². The molecule has 1 atom stereocenters. The van der Waals surface area contributed by atoms with E-state index >= 15 is 0 Å². The van der Waals surface area contributed by atoms with Crippen LogP contribution in [0.25, 0.3) is 0 Å². The van der Waals surface area contributed by atoms with Crippen LogP contribution in [-0.4, -0.2) is 17.3 Å². The first-order valence-electron chi connectivity index (χ1n) is 7.89. The summed E-state index contributed by atoms with van der Waals surface area (Å²) in [6.07, 6.45) is 5.98. The summed E-state index contributed by atoms with van der Waals surface area (Å²) in [6.45, 7) is 5.14. The molecule has 3 N–H and O–H groups in total. The van der Waals surface area contributed by atoms with E-state index in [4.69, 9.17) is 5.73 Å². The Morgan fingerprint density at radius 3 is 2.20 bits per heavy atom. The summed E-state index contributed by atoms with van der Waals surface area (Å²) in [4.78, 5) is 0. The van der Waals surface area contributed by atoms with E-state index in [9.17, 15) is 5.11 Å². The monoisotopic (exact) mass is 273 g/mol. The summed E-state index contributed by atoms with van der Waals surface area (Å²) in [5, 5.41) is 11.4. The van der Waals surface area contributed by atoms with E-state index < -0.39 is 5.60 Å². The minimum absolute atomic E-state index is 0.158. The van der Waals surface area contributed by atoms with E-state index in [-0.39, 0.29) is 10.8 Å². The SMILES string of the molecule is CC1(C)CCCC(O)(C2(CN)Cc3ccccc3C2)C1. The van der Waals surface area contributed by atoms with Gasteiger partial charge in [0.05, 0.1) is 5.60 Å². The molecule has 1 aromatic carbocycles. The molecule has 1 aromatic rings. The van der Waals surface area contributed by atoms with Crippen molar-refractivity contribution in [1.82, 2.24) is 0 Å². The van der Waals surface area contributed by atoms with Crippen LogP contribution in [0.5, 0.6) is 0 Å². The third-order valence-electron chi connectivity index (χ3n) is 5.77. The van der Waals surface area contributed by atoms with Crippen molar-refractivity contribution in [2.45, 2.75) is 58.0 Å². The van der Waals surface area contributed by atoms with Crippen molar-refractivity contribution in [3.63, 3.8) is 0 Å². The number of hydrogen-bond acceptors (Lipinski definition) is 2. The lowest BCUT2D eigenvalue weighted by Gasteiger charge is -2.51. The second kappa shape index (κ2) is 4.57. The van der Waals surface area contributed by atoms with Gasteiger partial charge in [0.1, 0.15) is 0 Å².